The van der Waals surface area contributed by atoms with Crippen molar-refractivity contribution in [1.82, 2.24) is 5.32 Å². The van der Waals surface area contributed by atoms with Crippen LogP contribution in [0.3, 0.4) is 0 Å². The lowest BCUT2D eigenvalue weighted by Gasteiger charge is -2.15. The number of carboxylic acids is 1. The van der Waals surface area contributed by atoms with Gasteiger partial charge in [-0.15, -0.1) is 0 Å². The molecule has 118 valence electrons. The average molecular weight is 307 g/mol. The summed E-state index contributed by atoms with van der Waals surface area (Å²) in [5.74, 6) is -2.79. The number of carbonyl (C=O) groups excluding carboxylic acids is 1. The zero-order valence-corrected chi connectivity index (χ0v) is 13.4. The Morgan fingerprint density at radius 1 is 1.10 bits per heavy atom. The fourth-order valence-electron chi connectivity index (χ4n) is 1.90. The first-order chi connectivity index (χ1) is 9.03. The van der Waals surface area contributed by atoms with Gasteiger partial charge in [0.05, 0.1) is 11.7 Å². The maximum absolute atomic E-state index is 11.6. The summed E-state index contributed by atoms with van der Waals surface area (Å²) in [6.07, 6.45) is 0.439. The number of carbonyl (C=O) groups is 2. The summed E-state index contributed by atoms with van der Waals surface area (Å²) in [4.78, 5) is 22.6. The van der Waals surface area contributed by atoms with Crippen LogP contribution in [0.1, 0.15) is 34.1 Å². The molecule has 0 aromatic rings. The average Bonchev–Trinajstić information content (AvgIpc) is 2.20. The van der Waals surface area contributed by atoms with Gasteiger partial charge in [-0.2, -0.15) is 0 Å². The van der Waals surface area contributed by atoms with Gasteiger partial charge in [-0.1, -0.05) is 27.7 Å². The molecule has 1 atom stereocenters. The molecule has 0 aliphatic heterocycles. The van der Waals surface area contributed by atoms with Gasteiger partial charge in [0.1, 0.15) is 5.75 Å². The van der Waals surface area contributed by atoms with Gasteiger partial charge < -0.3 is 10.4 Å². The van der Waals surface area contributed by atoms with Gasteiger partial charge in [0, 0.05) is 6.54 Å². The molecule has 1 amide bonds. The van der Waals surface area contributed by atoms with E-state index in [1.165, 1.54) is 0 Å². The molecule has 1 unspecified atom stereocenters. The van der Waals surface area contributed by atoms with E-state index in [4.69, 9.17) is 5.11 Å². The fourth-order valence-corrected chi connectivity index (χ4v) is 3.53. The second-order valence-electron chi connectivity index (χ2n) is 5.92. The van der Waals surface area contributed by atoms with Crippen molar-refractivity contribution in [3.63, 3.8) is 0 Å². The Balaban J connectivity index is 4.36. The molecule has 0 heterocycles. The van der Waals surface area contributed by atoms with E-state index in [0.717, 1.165) is 0 Å². The monoisotopic (exact) mass is 307 g/mol. The number of aliphatic carboxylic acids is 1. The van der Waals surface area contributed by atoms with Gasteiger partial charge >= 0.3 is 5.97 Å². The normalized spacial score (nSPS) is 13.5. The molecule has 0 fully saturated rings. The smallest absolute Gasteiger partial charge is 0.308 e. The number of hydrogen-bond donors (Lipinski definition) is 2. The first kappa shape index (κ1) is 18.9. The van der Waals surface area contributed by atoms with Crippen molar-refractivity contribution in [2.24, 2.45) is 17.8 Å². The molecule has 0 radical (unpaired) electrons. The van der Waals surface area contributed by atoms with E-state index in [1.807, 2.05) is 13.8 Å². The van der Waals surface area contributed by atoms with Gasteiger partial charge in [0.25, 0.3) is 0 Å². The highest BCUT2D eigenvalue weighted by molar-refractivity contribution is 7.92. The molecule has 0 aromatic heterocycles. The molecule has 0 saturated heterocycles. The third-order valence-corrected chi connectivity index (χ3v) is 4.47. The van der Waals surface area contributed by atoms with Gasteiger partial charge in [-0.3, -0.25) is 9.59 Å². The van der Waals surface area contributed by atoms with Crippen molar-refractivity contribution in [2.75, 3.05) is 18.1 Å². The molecule has 20 heavy (non-hydrogen) atoms. The van der Waals surface area contributed by atoms with Crippen LogP contribution in [0.5, 0.6) is 0 Å². The lowest BCUT2D eigenvalue weighted by atomic mass is 9.97. The van der Waals surface area contributed by atoms with Crippen LogP contribution in [0.2, 0.25) is 0 Å². The summed E-state index contributed by atoms with van der Waals surface area (Å²) in [7, 11) is -3.43. The summed E-state index contributed by atoms with van der Waals surface area (Å²) in [6, 6.07) is 0. The number of nitrogens with one attached hydrogen (secondary N) is 1. The highest BCUT2D eigenvalue weighted by atomic mass is 32.2. The summed E-state index contributed by atoms with van der Waals surface area (Å²) in [5.41, 5.74) is 0. The molecular weight excluding hydrogens is 282 g/mol. The van der Waals surface area contributed by atoms with Crippen molar-refractivity contribution in [2.45, 2.75) is 34.1 Å². The van der Waals surface area contributed by atoms with Gasteiger partial charge in [-0.25, -0.2) is 8.42 Å². The maximum Gasteiger partial charge on any atom is 0.308 e. The Morgan fingerprint density at radius 2 is 1.65 bits per heavy atom. The number of sulfone groups is 1. The van der Waals surface area contributed by atoms with E-state index in [0.29, 0.717) is 6.42 Å². The first-order valence-corrected chi connectivity index (χ1v) is 8.55. The van der Waals surface area contributed by atoms with E-state index >= 15 is 0 Å². The van der Waals surface area contributed by atoms with E-state index in [-0.39, 0.29) is 24.1 Å². The van der Waals surface area contributed by atoms with Crippen LogP contribution < -0.4 is 5.32 Å². The third-order valence-electron chi connectivity index (χ3n) is 2.59. The summed E-state index contributed by atoms with van der Waals surface area (Å²) in [5, 5.41) is 11.4. The predicted octanol–water partition coefficient (Wildman–Crippen LogP) is 0.920. The molecule has 0 bridgehead atoms. The van der Waals surface area contributed by atoms with Gasteiger partial charge in [0.15, 0.2) is 9.84 Å². The largest absolute Gasteiger partial charge is 0.481 e. The topological polar surface area (TPSA) is 101 Å². The summed E-state index contributed by atoms with van der Waals surface area (Å²) in [6.45, 7) is 7.27. The molecule has 0 spiro atoms. The zero-order chi connectivity index (χ0) is 15.9. The van der Waals surface area contributed by atoms with Crippen LogP contribution in [0, 0.1) is 17.8 Å². The molecule has 6 nitrogen and oxygen atoms in total. The van der Waals surface area contributed by atoms with Crippen LogP contribution in [0.15, 0.2) is 0 Å². The molecule has 7 heteroatoms. The summed E-state index contributed by atoms with van der Waals surface area (Å²) >= 11 is 0. The second kappa shape index (κ2) is 8.24. The Morgan fingerprint density at radius 3 is 2.05 bits per heavy atom. The Labute approximate surface area is 120 Å². The molecule has 0 aromatic carbocycles. The first-order valence-electron chi connectivity index (χ1n) is 6.73. The molecule has 0 aliphatic carbocycles. The number of hydrogen-bond acceptors (Lipinski definition) is 4. The molecule has 0 aliphatic rings. The fraction of sp³-hybridized carbons (Fsp3) is 0.846. The van der Waals surface area contributed by atoms with Gasteiger partial charge in [-0.05, 0) is 18.3 Å². The van der Waals surface area contributed by atoms with Crippen molar-refractivity contribution in [3.05, 3.63) is 0 Å². The van der Waals surface area contributed by atoms with E-state index in [1.54, 1.807) is 13.8 Å². The molecule has 0 rings (SSSR count). The van der Waals surface area contributed by atoms with Crippen LogP contribution in [0.25, 0.3) is 0 Å². The van der Waals surface area contributed by atoms with Crippen LogP contribution in [-0.2, 0) is 19.4 Å². The van der Waals surface area contributed by atoms with Crippen LogP contribution >= 0.6 is 0 Å². The van der Waals surface area contributed by atoms with Crippen molar-refractivity contribution in [3.8, 4) is 0 Å². The van der Waals surface area contributed by atoms with Gasteiger partial charge in [0.2, 0.25) is 5.91 Å². The SMILES string of the molecule is CC(C)CC(CNC(=O)CS(=O)(=O)CC(C)C)C(=O)O. The standard InChI is InChI=1S/C13H25NO5S/c1-9(2)5-11(13(16)17)6-14-12(15)8-20(18,19)7-10(3)4/h9-11H,5-8H2,1-4H3,(H,14,15)(H,16,17). The van der Waals surface area contributed by atoms with Crippen LogP contribution in [0.4, 0.5) is 0 Å². The highest BCUT2D eigenvalue weighted by Gasteiger charge is 2.22. The minimum Gasteiger partial charge on any atom is -0.481 e. The number of amides is 1. The number of carboxylic acid groups (broad SMARTS) is 1. The van der Waals surface area contributed by atoms with Crippen molar-refractivity contribution in [1.29, 1.82) is 0 Å². The maximum atomic E-state index is 11.6. The van der Waals surface area contributed by atoms with Crippen molar-refractivity contribution < 1.29 is 23.1 Å². The quantitative estimate of drug-likeness (QED) is 0.659. The highest BCUT2D eigenvalue weighted by Crippen LogP contribution is 2.11. The van der Waals surface area contributed by atoms with E-state index in [9.17, 15) is 18.0 Å². The van der Waals surface area contributed by atoms with Crippen LogP contribution in [-0.4, -0.2) is 43.5 Å². The third kappa shape index (κ3) is 8.90. The predicted molar refractivity (Wildman–Crippen MR) is 77.1 cm³/mol. The Hall–Kier alpha value is -1.11. The minimum atomic E-state index is -3.43. The van der Waals surface area contributed by atoms with Crippen molar-refractivity contribution >= 4 is 21.7 Å². The minimum absolute atomic E-state index is 0.0381. The lowest BCUT2D eigenvalue weighted by Crippen LogP contribution is -2.37. The molecule has 0 saturated carbocycles. The van der Waals surface area contributed by atoms with E-state index in [2.05, 4.69) is 5.32 Å². The lowest BCUT2D eigenvalue weighted by molar-refractivity contribution is -0.142. The Kier molecular flexibility index (Phi) is 7.78. The molecule has 2 N–H and O–H groups in total. The van der Waals surface area contributed by atoms with E-state index < -0.39 is 33.4 Å². The zero-order valence-electron chi connectivity index (χ0n) is 12.5. The number of rotatable bonds is 9. The Bertz CT molecular complexity index is 428. The summed E-state index contributed by atoms with van der Waals surface area (Å²) < 4.78 is 23.3. The molecular formula is C13H25NO5S. The second-order valence-corrected chi connectivity index (χ2v) is 8.03.